The highest BCUT2D eigenvalue weighted by atomic mass is 19.1. The van der Waals surface area contributed by atoms with Crippen LogP contribution in [0.3, 0.4) is 0 Å². The van der Waals surface area contributed by atoms with Crippen molar-refractivity contribution in [2.75, 3.05) is 32.8 Å². The second-order valence-corrected chi connectivity index (χ2v) is 4.68. The van der Waals surface area contributed by atoms with Gasteiger partial charge >= 0.3 is 0 Å². The fraction of sp³-hybridized carbons (Fsp3) is 0.615. The van der Waals surface area contributed by atoms with Gasteiger partial charge < -0.3 is 14.9 Å². The van der Waals surface area contributed by atoms with E-state index in [0.29, 0.717) is 31.8 Å². The van der Waals surface area contributed by atoms with Gasteiger partial charge in [-0.1, -0.05) is 0 Å². The van der Waals surface area contributed by atoms with Crippen molar-refractivity contribution in [1.82, 2.24) is 9.88 Å². The summed E-state index contributed by atoms with van der Waals surface area (Å²) in [6.45, 7) is 2.76. The van der Waals surface area contributed by atoms with Gasteiger partial charge in [-0.25, -0.2) is 4.39 Å². The molecule has 2 heterocycles. The molecule has 0 saturated carbocycles. The summed E-state index contributed by atoms with van der Waals surface area (Å²) >= 11 is 0. The number of aromatic nitrogens is 1. The molecule has 1 aliphatic rings. The molecular formula is C13H19FN2O3. The molecule has 2 atom stereocenters. The number of halogens is 1. The third-order valence-corrected chi connectivity index (χ3v) is 3.24. The molecule has 2 unspecified atom stereocenters. The zero-order valence-corrected chi connectivity index (χ0v) is 10.7. The van der Waals surface area contributed by atoms with E-state index in [1.807, 2.05) is 0 Å². The Morgan fingerprint density at radius 1 is 1.53 bits per heavy atom. The lowest BCUT2D eigenvalue weighted by Gasteiger charge is -2.32. The second-order valence-electron chi connectivity index (χ2n) is 4.68. The first-order chi connectivity index (χ1) is 9.19. The first-order valence-electron chi connectivity index (χ1n) is 6.43. The topological polar surface area (TPSA) is 65.8 Å². The molecule has 0 amide bonds. The second kappa shape index (κ2) is 6.91. The SMILES string of the molecule is OCC1CN(CCC(O)c2ccc(F)cn2)CCO1. The van der Waals surface area contributed by atoms with Gasteiger partial charge in [0.05, 0.1) is 37.3 Å². The van der Waals surface area contributed by atoms with Crippen LogP contribution in [0.2, 0.25) is 0 Å². The van der Waals surface area contributed by atoms with Gasteiger partial charge in [-0.15, -0.1) is 0 Å². The van der Waals surface area contributed by atoms with Crippen molar-refractivity contribution in [2.45, 2.75) is 18.6 Å². The van der Waals surface area contributed by atoms with Crippen molar-refractivity contribution in [1.29, 1.82) is 0 Å². The summed E-state index contributed by atoms with van der Waals surface area (Å²) in [5.74, 6) is -0.407. The van der Waals surface area contributed by atoms with Gasteiger partial charge in [-0.05, 0) is 18.6 Å². The van der Waals surface area contributed by atoms with Crippen LogP contribution >= 0.6 is 0 Å². The molecule has 106 valence electrons. The van der Waals surface area contributed by atoms with Crippen LogP contribution in [0.5, 0.6) is 0 Å². The number of aliphatic hydroxyl groups is 2. The number of hydrogen-bond donors (Lipinski definition) is 2. The van der Waals surface area contributed by atoms with Gasteiger partial charge in [-0.2, -0.15) is 0 Å². The summed E-state index contributed by atoms with van der Waals surface area (Å²) < 4.78 is 18.1. The maximum absolute atomic E-state index is 12.7. The van der Waals surface area contributed by atoms with Crippen molar-refractivity contribution in [3.63, 3.8) is 0 Å². The summed E-state index contributed by atoms with van der Waals surface area (Å²) in [6, 6.07) is 2.79. The first-order valence-corrected chi connectivity index (χ1v) is 6.43. The molecule has 19 heavy (non-hydrogen) atoms. The summed E-state index contributed by atoms with van der Waals surface area (Å²) in [7, 11) is 0. The molecule has 6 heteroatoms. The van der Waals surface area contributed by atoms with Crippen LogP contribution < -0.4 is 0 Å². The van der Waals surface area contributed by atoms with E-state index in [9.17, 15) is 9.50 Å². The average Bonchev–Trinajstić information content (AvgIpc) is 2.46. The van der Waals surface area contributed by atoms with E-state index in [4.69, 9.17) is 9.84 Å². The maximum Gasteiger partial charge on any atom is 0.141 e. The highest BCUT2D eigenvalue weighted by Crippen LogP contribution is 2.16. The van der Waals surface area contributed by atoms with Crippen molar-refractivity contribution < 1.29 is 19.3 Å². The Hall–Kier alpha value is -1.08. The number of aliphatic hydroxyl groups excluding tert-OH is 2. The van der Waals surface area contributed by atoms with E-state index in [1.54, 1.807) is 0 Å². The van der Waals surface area contributed by atoms with Crippen LogP contribution in [-0.2, 0) is 4.74 Å². The van der Waals surface area contributed by atoms with Gasteiger partial charge in [0.15, 0.2) is 0 Å². The third kappa shape index (κ3) is 4.21. The van der Waals surface area contributed by atoms with Crippen LogP contribution in [0.25, 0.3) is 0 Å². The van der Waals surface area contributed by atoms with Gasteiger partial charge in [0.1, 0.15) is 5.82 Å². The van der Waals surface area contributed by atoms with E-state index in [2.05, 4.69) is 9.88 Å². The predicted octanol–water partition coefficient (Wildman–Crippen LogP) is 0.337. The van der Waals surface area contributed by atoms with Gasteiger partial charge in [0.25, 0.3) is 0 Å². The minimum Gasteiger partial charge on any atom is -0.394 e. The van der Waals surface area contributed by atoms with Gasteiger partial charge in [0.2, 0.25) is 0 Å². The standard InChI is InChI=1S/C13H19FN2O3/c14-10-1-2-12(15-7-10)13(18)3-4-16-5-6-19-11(8-16)9-17/h1-2,7,11,13,17-18H,3-6,8-9H2. The Balaban J connectivity index is 1.79. The number of rotatable bonds is 5. The van der Waals surface area contributed by atoms with Crippen LogP contribution in [0, 0.1) is 5.82 Å². The Morgan fingerprint density at radius 2 is 2.37 bits per heavy atom. The quantitative estimate of drug-likeness (QED) is 0.807. The van der Waals surface area contributed by atoms with Crippen LogP contribution in [0.15, 0.2) is 18.3 Å². The van der Waals surface area contributed by atoms with E-state index in [-0.39, 0.29) is 12.7 Å². The van der Waals surface area contributed by atoms with Crippen molar-refractivity contribution in [3.8, 4) is 0 Å². The number of nitrogens with zero attached hydrogens (tertiary/aromatic N) is 2. The Labute approximate surface area is 111 Å². The molecular weight excluding hydrogens is 251 g/mol. The minimum atomic E-state index is -0.698. The zero-order chi connectivity index (χ0) is 13.7. The predicted molar refractivity (Wildman–Crippen MR) is 67.0 cm³/mol. The fourth-order valence-corrected chi connectivity index (χ4v) is 2.13. The Morgan fingerprint density at radius 3 is 3.05 bits per heavy atom. The number of pyridine rings is 1. The maximum atomic E-state index is 12.7. The highest BCUT2D eigenvalue weighted by molar-refractivity contribution is 5.07. The third-order valence-electron chi connectivity index (χ3n) is 3.24. The number of morpholine rings is 1. The molecule has 2 rings (SSSR count). The molecule has 0 aliphatic carbocycles. The molecule has 1 fully saturated rings. The summed E-state index contributed by atoms with van der Waals surface area (Å²) in [5, 5.41) is 19.0. The average molecular weight is 270 g/mol. The number of ether oxygens (including phenoxy) is 1. The molecule has 0 aromatic carbocycles. The van der Waals surface area contributed by atoms with Crippen LogP contribution in [0.1, 0.15) is 18.2 Å². The Kier molecular flexibility index (Phi) is 5.21. The lowest BCUT2D eigenvalue weighted by Crippen LogP contribution is -2.44. The fourth-order valence-electron chi connectivity index (χ4n) is 2.13. The smallest absolute Gasteiger partial charge is 0.141 e. The first kappa shape index (κ1) is 14.3. The molecule has 1 saturated heterocycles. The molecule has 1 aliphatic heterocycles. The molecule has 0 spiro atoms. The summed E-state index contributed by atoms with van der Waals surface area (Å²) in [4.78, 5) is 6.00. The van der Waals surface area contributed by atoms with Crippen molar-refractivity contribution in [2.24, 2.45) is 0 Å². The summed E-state index contributed by atoms with van der Waals surface area (Å²) in [6.07, 6.45) is 0.789. The lowest BCUT2D eigenvalue weighted by molar-refractivity contribution is -0.0551. The zero-order valence-electron chi connectivity index (χ0n) is 10.7. The molecule has 0 radical (unpaired) electrons. The normalized spacial score (nSPS) is 22.4. The molecule has 0 bridgehead atoms. The highest BCUT2D eigenvalue weighted by Gasteiger charge is 2.20. The van der Waals surface area contributed by atoms with E-state index in [0.717, 1.165) is 12.7 Å². The van der Waals surface area contributed by atoms with Crippen LogP contribution in [0.4, 0.5) is 4.39 Å². The molecule has 2 N–H and O–H groups in total. The molecule has 1 aromatic heterocycles. The molecule has 1 aromatic rings. The van der Waals surface area contributed by atoms with Gasteiger partial charge in [0, 0.05) is 19.6 Å². The largest absolute Gasteiger partial charge is 0.394 e. The van der Waals surface area contributed by atoms with Crippen LogP contribution in [-0.4, -0.2) is 59.0 Å². The monoisotopic (exact) mass is 270 g/mol. The van der Waals surface area contributed by atoms with E-state index >= 15 is 0 Å². The van der Waals surface area contributed by atoms with E-state index < -0.39 is 11.9 Å². The Bertz CT molecular complexity index is 388. The minimum absolute atomic E-state index is 0.0125. The van der Waals surface area contributed by atoms with Gasteiger partial charge in [-0.3, -0.25) is 9.88 Å². The lowest BCUT2D eigenvalue weighted by atomic mass is 10.1. The summed E-state index contributed by atoms with van der Waals surface area (Å²) in [5.41, 5.74) is 0.480. The van der Waals surface area contributed by atoms with Crippen molar-refractivity contribution in [3.05, 3.63) is 29.8 Å². The number of hydrogen-bond acceptors (Lipinski definition) is 5. The van der Waals surface area contributed by atoms with Crippen molar-refractivity contribution >= 4 is 0 Å². The van der Waals surface area contributed by atoms with E-state index in [1.165, 1.54) is 12.1 Å². The molecule has 5 nitrogen and oxygen atoms in total.